The Bertz CT molecular complexity index is 1020. The second kappa shape index (κ2) is 5.56. The van der Waals surface area contributed by atoms with E-state index >= 15 is 0 Å². The summed E-state index contributed by atoms with van der Waals surface area (Å²) in [6, 6.07) is 0. The van der Waals surface area contributed by atoms with Crippen molar-refractivity contribution in [1.29, 1.82) is 0 Å². The van der Waals surface area contributed by atoms with Gasteiger partial charge in [-0.2, -0.15) is 4.98 Å². The van der Waals surface area contributed by atoms with Crippen LogP contribution in [0.4, 0.5) is 0 Å². The number of alkyl halides is 1. The minimum atomic E-state index is -0.330. The standard InChI is InChI=1S/C15H20ClN5O2/c1-5-7-20-13(22)11-12(18(4)15(20)23)17-14-19(8-6-16)9(2)10(3)21(11)14/h5-8H2,1-4H3. The van der Waals surface area contributed by atoms with Gasteiger partial charge in [0.2, 0.25) is 5.78 Å². The number of aromatic nitrogens is 5. The fourth-order valence-electron chi connectivity index (χ4n) is 3.09. The normalized spacial score (nSPS) is 11.9. The summed E-state index contributed by atoms with van der Waals surface area (Å²) >= 11 is 5.89. The lowest BCUT2D eigenvalue weighted by molar-refractivity contribution is 0.592. The van der Waals surface area contributed by atoms with Crippen LogP contribution in [0, 0.1) is 13.8 Å². The fraction of sp³-hybridized carbons (Fsp3) is 0.533. The van der Waals surface area contributed by atoms with Crippen molar-refractivity contribution in [2.45, 2.75) is 40.3 Å². The Morgan fingerprint density at radius 2 is 1.78 bits per heavy atom. The highest BCUT2D eigenvalue weighted by molar-refractivity contribution is 6.17. The zero-order chi connectivity index (χ0) is 16.9. The van der Waals surface area contributed by atoms with E-state index in [1.807, 2.05) is 29.7 Å². The van der Waals surface area contributed by atoms with Crippen molar-refractivity contribution in [3.05, 3.63) is 32.2 Å². The second-order valence-electron chi connectivity index (χ2n) is 5.73. The van der Waals surface area contributed by atoms with E-state index in [4.69, 9.17) is 11.6 Å². The third kappa shape index (κ3) is 2.06. The first-order chi connectivity index (χ1) is 10.9. The largest absolute Gasteiger partial charge is 0.332 e. The first kappa shape index (κ1) is 15.9. The van der Waals surface area contributed by atoms with Crippen LogP contribution < -0.4 is 11.2 Å². The van der Waals surface area contributed by atoms with Crippen LogP contribution in [-0.4, -0.2) is 29.0 Å². The summed E-state index contributed by atoms with van der Waals surface area (Å²) in [7, 11) is 1.65. The Labute approximate surface area is 137 Å². The molecule has 124 valence electrons. The van der Waals surface area contributed by atoms with Crippen LogP contribution >= 0.6 is 11.6 Å². The van der Waals surface area contributed by atoms with Crippen molar-refractivity contribution < 1.29 is 0 Å². The van der Waals surface area contributed by atoms with Gasteiger partial charge < -0.3 is 4.57 Å². The summed E-state index contributed by atoms with van der Waals surface area (Å²) in [6.07, 6.45) is 0.716. The maximum atomic E-state index is 12.9. The molecule has 3 heterocycles. The molecular weight excluding hydrogens is 318 g/mol. The molecule has 0 aliphatic carbocycles. The molecule has 23 heavy (non-hydrogen) atoms. The number of rotatable bonds is 4. The van der Waals surface area contributed by atoms with Gasteiger partial charge in [0.05, 0.1) is 0 Å². The lowest BCUT2D eigenvalue weighted by atomic mass is 10.3. The maximum Gasteiger partial charge on any atom is 0.332 e. The highest BCUT2D eigenvalue weighted by Crippen LogP contribution is 2.20. The molecule has 8 heteroatoms. The van der Waals surface area contributed by atoms with E-state index in [-0.39, 0.29) is 11.2 Å². The molecule has 0 atom stereocenters. The van der Waals surface area contributed by atoms with Crippen LogP contribution in [0.2, 0.25) is 0 Å². The number of halogens is 1. The molecule has 0 saturated carbocycles. The van der Waals surface area contributed by atoms with Crippen LogP contribution in [0.3, 0.4) is 0 Å². The van der Waals surface area contributed by atoms with E-state index in [1.165, 1.54) is 9.13 Å². The van der Waals surface area contributed by atoms with Crippen LogP contribution in [-0.2, 0) is 20.1 Å². The Morgan fingerprint density at radius 1 is 1.09 bits per heavy atom. The zero-order valence-electron chi connectivity index (χ0n) is 13.8. The molecular formula is C15H20ClN5O2. The average Bonchev–Trinajstić information content (AvgIpc) is 3.02. The Hall–Kier alpha value is -2.02. The van der Waals surface area contributed by atoms with Gasteiger partial charge in [0.25, 0.3) is 5.56 Å². The molecule has 0 aromatic carbocycles. The van der Waals surface area contributed by atoms with E-state index in [0.717, 1.165) is 11.4 Å². The van der Waals surface area contributed by atoms with Crippen molar-refractivity contribution >= 4 is 28.5 Å². The van der Waals surface area contributed by atoms with Gasteiger partial charge in [-0.25, -0.2) is 4.79 Å². The molecule has 3 aromatic rings. The van der Waals surface area contributed by atoms with E-state index in [9.17, 15) is 9.59 Å². The molecule has 0 saturated heterocycles. The first-order valence-corrected chi connectivity index (χ1v) is 8.21. The molecule has 0 spiro atoms. The van der Waals surface area contributed by atoms with Gasteiger partial charge in [-0.05, 0) is 20.3 Å². The minimum Gasteiger partial charge on any atom is -0.313 e. The molecule has 0 bridgehead atoms. The highest BCUT2D eigenvalue weighted by Gasteiger charge is 2.21. The first-order valence-electron chi connectivity index (χ1n) is 7.67. The Morgan fingerprint density at radius 3 is 2.39 bits per heavy atom. The average molecular weight is 338 g/mol. The van der Waals surface area contributed by atoms with Crippen molar-refractivity contribution in [2.75, 3.05) is 5.88 Å². The van der Waals surface area contributed by atoms with Crippen LogP contribution in [0.1, 0.15) is 24.7 Å². The summed E-state index contributed by atoms with van der Waals surface area (Å²) in [5.74, 6) is 1.10. The molecule has 0 radical (unpaired) electrons. The number of imidazole rings is 2. The minimum absolute atomic E-state index is 0.288. The monoisotopic (exact) mass is 337 g/mol. The molecule has 3 rings (SSSR count). The van der Waals surface area contributed by atoms with Crippen molar-refractivity contribution in [3.63, 3.8) is 0 Å². The summed E-state index contributed by atoms with van der Waals surface area (Å²) in [4.78, 5) is 29.8. The molecule has 0 N–H and O–H groups in total. The molecule has 0 unspecified atom stereocenters. The topological polar surface area (TPSA) is 66.2 Å². The SMILES string of the molecule is CCCn1c(=O)c2c(nc3n(CCCl)c(C)c(C)n23)n(C)c1=O. The van der Waals surface area contributed by atoms with Gasteiger partial charge in [-0.1, -0.05) is 6.92 Å². The van der Waals surface area contributed by atoms with E-state index in [2.05, 4.69) is 4.98 Å². The van der Waals surface area contributed by atoms with Crippen LogP contribution in [0.25, 0.3) is 16.9 Å². The smallest absolute Gasteiger partial charge is 0.313 e. The summed E-state index contributed by atoms with van der Waals surface area (Å²) in [6.45, 7) is 6.87. The van der Waals surface area contributed by atoms with E-state index in [0.29, 0.717) is 42.3 Å². The predicted octanol–water partition coefficient (Wildman–Crippen LogP) is 1.42. The van der Waals surface area contributed by atoms with Gasteiger partial charge in [0.15, 0.2) is 11.2 Å². The summed E-state index contributed by atoms with van der Waals surface area (Å²) in [5, 5.41) is 0. The lowest BCUT2D eigenvalue weighted by Gasteiger charge is -2.07. The number of nitrogens with zero attached hydrogens (tertiary/aromatic N) is 5. The van der Waals surface area contributed by atoms with Crippen molar-refractivity contribution in [3.8, 4) is 0 Å². The molecule has 3 aromatic heterocycles. The summed E-state index contributed by atoms with van der Waals surface area (Å²) < 4.78 is 6.55. The number of hydrogen-bond acceptors (Lipinski definition) is 3. The van der Waals surface area contributed by atoms with Crippen molar-refractivity contribution in [2.24, 2.45) is 7.05 Å². The predicted molar refractivity (Wildman–Crippen MR) is 90.7 cm³/mol. The third-order valence-electron chi connectivity index (χ3n) is 4.39. The zero-order valence-corrected chi connectivity index (χ0v) is 14.5. The maximum absolute atomic E-state index is 12.9. The molecule has 0 aliphatic rings. The van der Waals surface area contributed by atoms with Gasteiger partial charge in [-0.15, -0.1) is 11.6 Å². The molecule has 0 fully saturated rings. The van der Waals surface area contributed by atoms with Gasteiger partial charge in [0.1, 0.15) is 0 Å². The third-order valence-corrected chi connectivity index (χ3v) is 4.55. The molecule has 7 nitrogen and oxygen atoms in total. The van der Waals surface area contributed by atoms with E-state index in [1.54, 1.807) is 7.05 Å². The molecule has 0 amide bonds. The number of aryl methyl sites for hydroxylation is 3. The van der Waals surface area contributed by atoms with Crippen LogP contribution in [0.15, 0.2) is 9.59 Å². The number of fused-ring (bicyclic) bond motifs is 3. The second-order valence-corrected chi connectivity index (χ2v) is 6.11. The highest BCUT2D eigenvalue weighted by atomic mass is 35.5. The van der Waals surface area contributed by atoms with Crippen molar-refractivity contribution in [1.82, 2.24) is 23.1 Å². The quantitative estimate of drug-likeness (QED) is 0.676. The van der Waals surface area contributed by atoms with Gasteiger partial charge in [0, 0.05) is 37.4 Å². The Kier molecular flexibility index (Phi) is 3.83. The van der Waals surface area contributed by atoms with Gasteiger partial charge >= 0.3 is 5.69 Å². The molecule has 0 aliphatic heterocycles. The Balaban J connectivity index is 2.55. The lowest BCUT2D eigenvalue weighted by Crippen LogP contribution is -2.39. The van der Waals surface area contributed by atoms with Crippen LogP contribution in [0.5, 0.6) is 0 Å². The number of hydrogen-bond donors (Lipinski definition) is 0. The fourth-order valence-corrected chi connectivity index (χ4v) is 3.26. The summed E-state index contributed by atoms with van der Waals surface area (Å²) in [5.41, 5.74) is 2.20. The van der Waals surface area contributed by atoms with Gasteiger partial charge in [-0.3, -0.25) is 18.3 Å². The van der Waals surface area contributed by atoms with E-state index < -0.39 is 0 Å².